The minimum absolute atomic E-state index is 0.00629. The van der Waals surface area contributed by atoms with Crippen LogP contribution in [0.5, 0.6) is 0 Å². The third kappa shape index (κ3) is 3.45. The highest BCUT2D eigenvalue weighted by atomic mass is 15.2. The van der Waals surface area contributed by atoms with Crippen molar-refractivity contribution in [3.8, 4) is 6.07 Å². The lowest BCUT2D eigenvalue weighted by Crippen LogP contribution is -2.51. The maximum Gasteiger partial charge on any atom is 0.0839 e. The monoisotopic (exact) mass is 283 g/mol. The van der Waals surface area contributed by atoms with Crippen LogP contribution in [0.2, 0.25) is 0 Å². The van der Waals surface area contributed by atoms with Crippen molar-refractivity contribution in [2.45, 2.75) is 50.1 Å². The molecule has 0 radical (unpaired) electrons. The highest BCUT2D eigenvalue weighted by Crippen LogP contribution is 2.27. The van der Waals surface area contributed by atoms with E-state index in [1.807, 2.05) is 18.2 Å². The molecule has 0 bridgehead atoms. The molecule has 2 aliphatic heterocycles. The summed E-state index contributed by atoms with van der Waals surface area (Å²) < 4.78 is 0. The summed E-state index contributed by atoms with van der Waals surface area (Å²) >= 11 is 0. The molecule has 3 heteroatoms. The van der Waals surface area contributed by atoms with Crippen LogP contribution >= 0.6 is 0 Å². The summed E-state index contributed by atoms with van der Waals surface area (Å²) in [5.74, 6) is -0.00629. The highest BCUT2D eigenvalue weighted by molar-refractivity contribution is 5.25. The Bertz CT molecular complexity index is 473. The molecule has 21 heavy (non-hydrogen) atoms. The van der Waals surface area contributed by atoms with Gasteiger partial charge in [0.2, 0.25) is 0 Å². The van der Waals surface area contributed by atoms with Gasteiger partial charge in [0, 0.05) is 18.6 Å². The third-order valence-electron chi connectivity index (χ3n) is 5.00. The first kappa shape index (κ1) is 14.6. The summed E-state index contributed by atoms with van der Waals surface area (Å²) in [5.41, 5.74) is 1.16. The van der Waals surface area contributed by atoms with Gasteiger partial charge in [0.05, 0.1) is 12.0 Å². The van der Waals surface area contributed by atoms with Gasteiger partial charge < -0.3 is 5.32 Å². The van der Waals surface area contributed by atoms with Gasteiger partial charge in [0.15, 0.2) is 0 Å². The lowest BCUT2D eigenvalue weighted by molar-refractivity contribution is 0.117. The first-order chi connectivity index (χ1) is 10.4. The molecule has 0 aromatic heterocycles. The fraction of sp³-hybridized carbons (Fsp3) is 0.611. The number of piperidine rings is 1. The number of nitriles is 1. The summed E-state index contributed by atoms with van der Waals surface area (Å²) in [5, 5.41) is 13.2. The predicted molar refractivity (Wildman–Crippen MR) is 85.0 cm³/mol. The summed E-state index contributed by atoms with van der Waals surface area (Å²) in [6.07, 6.45) is 6.49. The molecule has 3 unspecified atom stereocenters. The molecule has 3 rings (SSSR count). The number of hydrogen-bond acceptors (Lipinski definition) is 3. The van der Waals surface area contributed by atoms with Crippen LogP contribution in [0.4, 0.5) is 0 Å². The molecule has 0 aliphatic carbocycles. The predicted octanol–water partition coefficient (Wildman–Crippen LogP) is 2.90. The molecule has 3 atom stereocenters. The maximum absolute atomic E-state index is 9.57. The van der Waals surface area contributed by atoms with E-state index in [2.05, 4.69) is 28.4 Å². The summed E-state index contributed by atoms with van der Waals surface area (Å²) in [4.78, 5) is 2.58. The molecule has 2 heterocycles. The SMILES string of the molecule is N#CC(CN1CCCCC1C1CCCN1)c1ccccc1. The van der Waals surface area contributed by atoms with E-state index >= 15 is 0 Å². The third-order valence-corrected chi connectivity index (χ3v) is 5.00. The zero-order chi connectivity index (χ0) is 14.5. The maximum atomic E-state index is 9.57. The minimum atomic E-state index is -0.00629. The van der Waals surface area contributed by atoms with E-state index in [0.717, 1.165) is 25.2 Å². The molecule has 2 saturated heterocycles. The van der Waals surface area contributed by atoms with Gasteiger partial charge in [0.25, 0.3) is 0 Å². The Labute approximate surface area is 128 Å². The van der Waals surface area contributed by atoms with Gasteiger partial charge in [-0.1, -0.05) is 36.8 Å². The number of rotatable bonds is 4. The quantitative estimate of drug-likeness (QED) is 0.923. The molecule has 2 aliphatic rings. The van der Waals surface area contributed by atoms with Crippen LogP contribution < -0.4 is 5.32 Å². The Morgan fingerprint density at radius 1 is 1.19 bits per heavy atom. The topological polar surface area (TPSA) is 39.1 Å². The van der Waals surface area contributed by atoms with Crippen molar-refractivity contribution in [2.75, 3.05) is 19.6 Å². The van der Waals surface area contributed by atoms with Gasteiger partial charge >= 0.3 is 0 Å². The van der Waals surface area contributed by atoms with E-state index in [1.54, 1.807) is 0 Å². The van der Waals surface area contributed by atoms with Gasteiger partial charge in [-0.25, -0.2) is 0 Å². The molecule has 1 N–H and O–H groups in total. The second-order valence-electron chi connectivity index (χ2n) is 6.35. The Morgan fingerprint density at radius 2 is 2.05 bits per heavy atom. The lowest BCUT2D eigenvalue weighted by atomic mass is 9.92. The second-order valence-corrected chi connectivity index (χ2v) is 6.35. The van der Waals surface area contributed by atoms with Gasteiger partial charge in [-0.15, -0.1) is 0 Å². The van der Waals surface area contributed by atoms with Crippen LogP contribution in [0.1, 0.15) is 43.6 Å². The molecule has 0 amide bonds. The summed E-state index contributed by atoms with van der Waals surface area (Å²) in [6, 6.07) is 14.0. The van der Waals surface area contributed by atoms with Crippen molar-refractivity contribution >= 4 is 0 Å². The van der Waals surface area contributed by atoms with Crippen molar-refractivity contribution in [1.29, 1.82) is 5.26 Å². The lowest BCUT2D eigenvalue weighted by Gasteiger charge is -2.40. The minimum Gasteiger partial charge on any atom is -0.312 e. The van der Waals surface area contributed by atoms with E-state index in [9.17, 15) is 5.26 Å². The standard InChI is InChI=1S/C18H25N3/c19-13-16(15-7-2-1-3-8-15)14-21-12-5-4-10-18(21)17-9-6-11-20-17/h1-3,7-8,16-18,20H,4-6,9-12,14H2. The van der Waals surface area contributed by atoms with Gasteiger partial charge in [-0.2, -0.15) is 5.26 Å². The van der Waals surface area contributed by atoms with E-state index < -0.39 is 0 Å². The molecule has 1 aromatic carbocycles. The fourth-order valence-corrected chi connectivity index (χ4v) is 3.88. The van der Waals surface area contributed by atoms with Gasteiger partial charge in [-0.05, 0) is 44.3 Å². The number of likely N-dealkylation sites (tertiary alicyclic amines) is 1. The summed E-state index contributed by atoms with van der Waals surface area (Å²) in [6.45, 7) is 3.19. The average molecular weight is 283 g/mol. The molecular formula is C18H25N3. The van der Waals surface area contributed by atoms with E-state index in [0.29, 0.717) is 12.1 Å². The van der Waals surface area contributed by atoms with Crippen molar-refractivity contribution < 1.29 is 0 Å². The van der Waals surface area contributed by atoms with Crippen LogP contribution in [-0.4, -0.2) is 36.6 Å². The smallest absolute Gasteiger partial charge is 0.0839 e. The van der Waals surface area contributed by atoms with Gasteiger partial charge in [0.1, 0.15) is 0 Å². The zero-order valence-electron chi connectivity index (χ0n) is 12.7. The van der Waals surface area contributed by atoms with E-state index in [4.69, 9.17) is 0 Å². The molecule has 3 nitrogen and oxygen atoms in total. The number of benzene rings is 1. The Balaban J connectivity index is 1.70. The van der Waals surface area contributed by atoms with Crippen LogP contribution in [0.15, 0.2) is 30.3 Å². The van der Waals surface area contributed by atoms with Crippen LogP contribution in [0.25, 0.3) is 0 Å². The Morgan fingerprint density at radius 3 is 2.76 bits per heavy atom. The molecule has 0 spiro atoms. The second kappa shape index (κ2) is 7.06. The first-order valence-electron chi connectivity index (χ1n) is 8.30. The summed E-state index contributed by atoms with van der Waals surface area (Å²) in [7, 11) is 0. The van der Waals surface area contributed by atoms with E-state index in [-0.39, 0.29) is 5.92 Å². The van der Waals surface area contributed by atoms with Crippen molar-refractivity contribution in [2.24, 2.45) is 0 Å². The zero-order valence-corrected chi connectivity index (χ0v) is 12.7. The van der Waals surface area contributed by atoms with Crippen LogP contribution in [0, 0.1) is 11.3 Å². The van der Waals surface area contributed by atoms with Crippen molar-refractivity contribution in [3.63, 3.8) is 0 Å². The molecule has 0 saturated carbocycles. The molecule has 112 valence electrons. The first-order valence-corrected chi connectivity index (χ1v) is 8.30. The molecule has 1 aromatic rings. The Kier molecular flexibility index (Phi) is 4.90. The molecule has 2 fully saturated rings. The average Bonchev–Trinajstić information content (AvgIpc) is 3.08. The van der Waals surface area contributed by atoms with Crippen LogP contribution in [0.3, 0.4) is 0 Å². The normalized spacial score (nSPS) is 28.1. The largest absolute Gasteiger partial charge is 0.312 e. The van der Waals surface area contributed by atoms with Crippen molar-refractivity contribution in [1.82, 2.24) is 10.2 Å². The van der Waals surface area contributed by atoms with Gasteiger partial charge in [-0.3, -0.25) is 4.90 Å². The van der Waals surface area contributed by atoms with Crippen LogP contribution in [-0.2, 0) is 0 Å². The number of hydrogen-bond donors (Lipinski definition) is 1. The van der Waals surface area contributed by atoms with Crippen molar-refractivity contribution in [3.05, 3.63) is 35.9 Å². The number of nitrogens with zero attached hydrogens (tertiary/aromatic N) is 2. The Hall–Kier alpha value is -1.37. The fourth-order valence-electron chi connectivity index (χ4n) is 3.88. The molecular weight excluding hydrogens is 258 g/mol. The number of nitrogens with one attached hydrogen (secondary N) is 1. The highest BCUT2D eigenvalue weighted by Gasteiger charge is 2.32. The van der Waals surface area contributed by atoms with E-state index in [1.165, 1.54) is 32.1 Å².